The van der Waals surface area contributed by atoms with Crippen LogP contribution in [0.2, 0.25) is 0 Å². The zero-order valence-electron chi connectivity index (χ0n) is 19.0. The third-order valence-corrected chi connectivity index (χ3v) is 7.23. The Morgan fingerprint density at radius 3 is 2.94 bits per heavy atom. The Labute approximate surface area is 198 Å². The Bertz CT molecular complexity index is 1220. The lowest BCUT2D eigenvalue weighted by molar-refractivity contribution is 0.0745. The highest BCUT2D eigenvalue weighted by atomic mass is 32.1. The molecular formula is C26H28N4O2S. The molecule has 1 aromatic heterocycles. The molecule has 2 heterocycles. The molecule has 1 aliphatic heterocycles. The molecule has 2 aromatic rings. The number of thiazole rings is 1. The molecule has 1 amide bonds. The summed E-state index contributed by atoms with van der Waals surface area (Å²) in [6.45, 7) is 3.43. The van der Waals surface area contributed by atoms with Crippen molar-refractivity contribution < 1.29 is 9.53 Å². The first-order valence-electron chi connectivity index (χ1n) is 11.4. The number of carbonyl (C=O) groups is 1. The standard InChI is InChI=1S/C26H28N4O2S/c1-16-4-3-5-18(12-16)24-23(29-26(27)33-24)25(31)30(15-17-6-7-17)11-10-19-14-28-22-9-8-20(32-2)13-21(19)22/h3-5,8,12-14,17H,6-7,9-11,15H2,1-2H3,(H2,27,29). The lowest BCUT2D eigenvalue weighted by Crippen LogP contribution is -2.34. The van der Waals surface area contributed by atoms with Crippen molar-refractivity contribution in [2.45, 2.75) is 32.6 Å². The number of benzene rings is 1. The topological polar surface area (TPSA) is 80.8 Å². The summed E-state index contributed by atoms with van der Waals surface area (Å²) in [6.07, 6.45) is 9.90. The summed E-state index contributed by atoms with van der Waals surface area (Å²) in [4.78, 5) is 25.6. The van der Waals surface area contributed by atoms with Gasteiger partial charge in [0.15, 0.2) is 5.13 Å². The SMILES string of the molecule is COC1=CCC2=NC=C(CCN(CC3CC3)C(=O)c3nc(N)sc3-c3cccc(C)c3)C2=C1. The summed E-state index contributed by atoms with van der Waals surface area (Å²) < 4.78 is 5.42. The van der Waals surface area contributed by atoms with E-state index in [1.165, 1.54) is 24.2 Å². The second-order valence-corrected chi connectivity index (χ2v) is 9.88. The van der Waals surface area contributed by atoms with Crippen molar-refractivity contribution in [1.82, 2.24) is 9.88 Å². The molecule has 0 unspecified atom stereocenters. The van der Waals surface area contributed by atoms with Gasteiger partial charge in [0.25, 0.3) is 5.91 Å². The van der Waals surface area contributed by atoms with Crippen molar-refractivity contribution in [3.63, 3.8) is 0 Å². The van der Waals surface area contributed by atoms with Crippen molar-refractivity contribution in [2.24, 2.45) is 10.9 Å². The number of nitrogen functional groups attached to an aromatic ring is 1. The van der Waals surface area contributed by atoms with Gasteiger partial charge >= 0.3 is 0 Å². The van der Waals surface area contributed by atoms with Gasteiger partial charge in [-0.05, 0) is 55.4 Å². The maximum Gasteiger partial charge on any atom is 0.274 e. The number of rotatable bonds is 8. The first kappa shape index (κ1) is 21.6. The average Bonchev–Trinajstić information content (AvgIpc) is 3.42. The molecule has 170 valence electrons. The van der Waals surface area contributed by atoms with Gasteiger partial charge in [0, 0.05) is 31.3 Å². The number of ether oxygens (including phenoxy) is 1. The molecule has 3 aliphatic rings. The minimum absolute atomic E-state index is 0.0406. The van der Waals surface area contributed by atoms with Crippen molar-refractivity contribution in [3.8, 4) is 10.4 Å². The van der Waals surface area contributed by atoms with Crippen LogP contribution in [-0.4, -0.2) is 41.7 Å². The van der Waals surface area contributed by atoms with E-state index >= 15 is 0 Å². The van der Waals surface area contributed by atoms with Gasteiger partial charge in [-0.15, -0.1) is 0 Å². The van der Waals surface area contributed by atoms with Crippen LogP contribution < -0.4 is 5.73 Å². The molecule has 2 N–H and O–H groups in total. The largest absolute Gasteiger partial charge is 0.497 e. The first-order chi connectivity index (χ1) is 16.0. The van der Waals surface area contributed by atoms with E-state index in [1.807, 2.05) is 48.4 Å². The summed E-state index contributed by atoms with van der Waals surface area (Å²) in [5.74, 6) is 1.40. The highest BCUT2D eigenvalue weighted by Gasteiger charge is 2.31. The molecule has 1 fully saturated rings. The molecule has 0 atom stereocenters. The molecule has 1 aromatic carbocycles. The number of aliphatic imine (C=N–C) groups is 1. The first-order valence-corrected chi connectivity index (χ1v) is 12.2. The fraction of sp³-hybridized carbons (Fsp3) is 0.346. The highest BCUT2D eigenvalue weighted by molar-refractivity contribution is 7.19. The number of allylic oxidation sites excluding steroid dienone is 3. The number of hydrogen-bond donors (Lipinski definition) is 1. The minimum atomic E-state index is -0.0406. The van der Waals surface area contributed by atoms with Gasteiger partial charge in [0.2, 0.25) is 0 Å². The van der Waals surface area contributed by atoms with E-state index in [9.17, 15) is 4.79 Å². The molecule has 2 aliphatic carbocycles. The molecule has 0 spiro atoms. The molecule has 0 saturated heterocycles. The zero-order valence-corrected chi connectivity index (χ0v) is 19.8. The van der Waals surface area contributed by atoms with Crippen LogP contribution >= 0.6 is 11.3 Å². The second kappa shape index (κ2) is 8.98. The summed E-state index contributed by atoms with van der Waals surface area (Å²) in [5.41, 5.74) is 12.0. The Kier molecular flexibility index (Phi) is 5.89. The number of carbonyl (C=O) groups excluding carboxylic acids is 1. The van der Waals surface area contributed by atoms with Crippen molar-refractivity contribution >= 4 is 28.1 Å². The number of amides is 1. The lowest BCUT2D eigenvalue weighted by Gasteiger charge is -2.23. The third-order valence-electron chi connectivity index (χ3n) is 6.29. The number of aromatic nitrogens is 1. The summed E-state index contributed by atoms with van der Waals surface area (Å²) in [7, 11) is 1.69. The zero-order chi connectivity index (χ0) is 22.9. The van der Waals surface area contributed by atoms with Gasteiger partial charge in [-0.25, -0.2) is 4.98 Å². The van der Waals surface area contributed by atoms with Gasteiger partial charge < -0.3 is 15.4 Å². The van der Waals surface area contributed by atoms with Crippen LogP contribution in [0.3, 0.4) is 0 Å². The van der Waals surface area contributed by atoms with Crippen LogP contribution in [0.25, 0.3) is 10.4 Å². The highest BCUT2D eigenvalue weighted by Crippen LogP contribution is 2.36. The number of nitrogens with zero attached hydrogens (tertiary/aromatic N) is 3. The van der Waals surface area contributed by atoms with Gasteiger partial charge in [-0.2, -0.15) is 0 Å². The van der Waals surface area contributed by atoms with Crippen LogP contribution in [0.5, 0.6) is 0 Å². The summed E-state index contributed by atoms with van der Waals surface area (Å²) in [5, 5.41) is 0.420. The predicted molar refractivity (Wildman–Crippen MR) is 133 cm³/mol. The lowest BCUT2D eigenvalue weighted by atomic mass is 9.95. The van der Waals surface area contributed by atoms with Crippen LogP contribution in [0.4, 0.5) is 5.13 Å². The fourth-order valence-electron chi connectivity index (χ4n) is 4.32. The van der Waals surface area contributed by atoms with Gasteiger partial charge in [0.1, 0.15) is 11.5 Å². The van der Waals surface area contributed by atoms with E-state index in [4.69, 9.17) is 10.5 Å². The number of hydrogen-bond acceptors (Lipinski definition) is 6. The fourth-order valence-corrected chi connectivity index (χ4v) is 5.14. The van der Waals surface area contributed by atoms with Crippen molar-refractivity contribution in [1.29, 1.82) is 0 Å². The van der Waals surface area contributed by atoms with E-state index < -0.39 is 0 Å². The Morgan fingerprint density at radius 1 is 1.33 bits per heavy atom. The molecule has 6 nitrogen and oxygen atoms in total. The second-order valence-electron chi connectivity index (χ2n) is 8.85. The maximum absolute atomic E-state index is 13.7. The quantitative estimate of drug-likeness (QED) is 0.591. The van der Waals surface area contributed by atoms with Gasteiger partial charge in [-0.1, -0.05) is 41.2 Å². The monoisotopic (exact) mass is 460 g/mol. The molecule has 5 rings (SSSR count). The summed E-state index contributed by atoms with van der Waals surface area (Å²) in [6, 6.07) is 8.14. The molecule has 7 heteroatoms. The van der Waals surface area contributed by atoms with Crippen molar-refractivity contribution in [3.05, 3.63) is 70.8 Å². The third kappa shape index (κ3) is 4.64. The van der Waals surface area contributed by atoms with Crippen LogP contribution in [0.15, 0.2) is 64.5 Å². The van der Waals surface area contributed by atoms with Crippen LogP contribution in [0.1, 0.15) is 41.7 Å². The van der Waals surface area contributed by atoms with Crippen LogP contribution in [0, 0.1) is 12.8 Å². The van der Waals surface area contributed by atoms with E-state index in [-0.39, 0.29) is 5.91 Å². The van der Waals surface area contributed by atoms with E-state index in [0.717, 1.165) is 58.0 Å². The smallest absolute Gasteiger partial charge is 0.274 e. The Balaban J connectivity index is 1.37. The number of nitrogens with two attached hydrogens (primary N) is 1. The predicted octanol–water partition coefficient (Wildman–Crippen LogP) is 5.14. The molecule has 1 saturated carbocycles. The molecule has 33 heavy (non-hydrogen) atoms. The molecule has 0 bridgehead atoms. The maximum atomic E-state index is 13.7. The van der Waals surface area contributed by atoms with E-state index in [1.54, 1.807) is 7.11 Å². The molecular weight excluding hydrogens is 432 g/mol. The average molecular weight is 461 g/mol. The van der Waals surface area contributed by atoms with Crippen LogP contribution in [-0.2, 0) is 4.74 Å². The van der Waals surface area contributed by atoms with Crippen molar-refractivity contribution in [2.75, 3.05) is 25.9 Å². The Hall–Kier alpha value is -3.19. The number of methoxy groups -OCH3 is 1. The molecule has 0 radical (unpaired) electrons. The van der Waals surface area contributed by atoms with Gasteiger partial charge in [-0.3, -0.25) is 9.79 Å². The minimum Gasteiger partial charge on any atom is -0.497 e. The van der Waals surface area contributed by atoms with Gasteiger partial charge in [0.05, 0.1) is 17.7 Å². The van der Waals surface area contributed by atoms with E-state index in [2.05, 4.69) is 16.0 Å². The number of aryl methyl sites for hydroxylation is 1. The number of fused-ring (bicyclic) bond motifs is 1. The Morgan fingerprint density at radius 2 is 2.18 bits per heavy atom. The van der Waals surface area contributed by atoms with E-state index in [0.29, 0.717) is 23.3 Å². The normalized spacial score (nSPS) is 17.0. The summed E-state index contributed by atoms with van der Waals surface area (Å²) >= 11 is 1.38. The number of anilines is 1.